The fourth-order valence-corrected chi connectivity index (χ4v) is 6.07. The lowest BCUT2D eigenvalue weighted by atomic mass is 10.1. The number of aryl methyl sites for hydroxylation is 2. The van der Waals surface area contributed by atoms with E-state index >= 15 is 0 Å². The van der Waals surface area contributed by atoms with Crippen LogP contribution in [0.4, 0.5) is 5.69 Å². The van der Waals surface area contributed by atoms with Crippen LogP contribution in [0.25, 0.3) is 0 Å². The Morgan fingerprint density at radius 1 is 0.927 bits per heavy atom. The van der Waals surface area contributed by atoms with Gasteiger partial charge in [0.1, 0.15) is 18.3 Å². The van der Waals surface area contributed by atoms with Gasteiger partial charge in [-0.1, -0.05) is 68.8 Å². The molecule has 0 heterocycles. The molecule has 0 fully saturated rings. The lowest BCUT2D eigenvalue weighted by Crippen LogP contribution is -2.52. The summed E-state index contributed by atoms with van der Waals surface area (Å²) in [6, 6.07) is 20.3. The molecule has 2 amide bonds. The van der Waals surface area contributed by atoms with Crippen molar-refractivity contribution in [2.24, 2.45) is 0 Å². The summed E-state index contributed by atoms with van der Waals surface area (Å²) in [7, 11) is -2.54. The number of nitrogens with zero attached hydrogens (tertiary/aromatic N) is 2. The van der Waals surface area contributed by atoms with E-state index in [1.807, 2.05) is 52.0 Å². The monoisotopic (exact) mass is 579 g/mol. The van der Waals surface area contributed by atoms with Crippen molar-refractivity contribution in [3.8, 4) is 5.75 Å². The van der Waals surface area contributed by atoms with Crippen LogP contribution >= 0.6 is 0 Å². The second-order valence-electron chi connectivity index (χ2n) is 9.89. The molecule has 0 radical (unpaired) electrons. The van der Waals surface area contributed by atoms with Crippen molar-refractivity contribution in [3.05, 3.63) is 89.5 Å². The number of amides is 2. The Hall–Kier alpha value is -3.85. The standard InChI is InChI=1S/C32H41N3O5S/c1-6-21-33-32(37)29(8-3)34(22-25-15-17-27(40-5)18-16-25)31(36)23-35(30-12-10-9-11-26(30)7-2)41(38,39)28-19-13-24(4)14-20-28/h9-20,29H,6-8,21-23H2,1-5H3,(H,33,37)/t29-/m1/s1. The van der Waals surface area contributed by atoms with Gasteiger partial charge in [-0.05, 0) is 67.6 Å². The van der Waals surface area contributed by atoms with Crippen molar-refractivity contribution in [2.75, 3.05) is 24.5 Å². The number of methoxy groups -OCH3 is 1. The van der Waals surface area contributed by atoms with E-state index in [1.54, 1.807) is 55.6 Å². The van der Waals surface area contributed by atoms with Gasteiger partial charge >= 0.3 is 0 Å². The van der Waals surface area contributed by atoms with Gasteiger partial charge in [0.25, 0.3) is 10.0 Å². The number of rotatable bonds is 14. The maximum Gasteiger partial charge on any atom is 0.264 e. The van der Waals surface area contributed by atoms with Gasteiger partial charge in [-0.15, -0.1) is 0 Å². The van der Waals surface area contributed by atoms with Crippen LogP contribution < -0.4 is 14.4 Å². The average Bonchev–Trinajstić information content (AvgIpc) is 2.99. The quantitative estimate of drug-likeness (QED) is 0.287. The second kappa shape index (κ2) is 14.7. The zero-order chi connectivity index (χ0) is 30.0. The van der Waals surface area contributed by atoms with Crippen molar-refractivity contribution in [3.63, 3.8) is 0 Å². The fraction of sp³-hybridized carbons (Fsp3) is 0.375. The molecule has 9 heteroatoms. The average molecular weight is 580 g/mol. The molecule has 0 aliphatic carbocycles. The minimum absolute atomic E-state index is 0.0937. The zero-order valence-electron chi connectivity index (χ0n) is 24.6. The minimum Gasteiger partial charge on any atom is -0.497 e. The lowest BCUT2D eigenvalue weighted by Gasteiger charge is -2.33. The predicted octanol–water partition coefficient (Wildman–Crippen LogP) is 5.09. The molecule has 3 aromatic rings. The summed E-state index contributed by atoms with van der Waals surface area (Å²) in [5, 5.41) is 2.90. The Morgan fingerprint density at radius 3 is 2.17 bits per heavy atom. The van der Waals surface area contributed by atoms with E-state index in [9.17, 15) is 18.0 Å². The van der Waals surface area contributed by atoms with Crippen LogP contribution in [0.15, 0.2) is 77.7 Å². The molecule has 0 aliphatic rings. The predicted molar refractivity (Wildman–Crippen MR) is 162 cm³/mol. The number of carbonyl (C=O) groups is 2. The molecule has 0 spiro atoms. The molecule has 1 atom stereocenters. The molecule has 0 saturated heterocycles. The highest BCUT2D eigenvalue weighted by Gasteiger charge is 2.34. The molecule has 8 nitrogen and oxygen atoms in total. The largest absolute Gasteiger partial charge is 0.497 e. The van der Waals surface area contributed by atoms with Gasteiger partial charge in [-0.25, -0.2) is 8.42 Å². The van der Waals surface area contributed by atoms with Crippen molar-refractivity contribution < 1.29 is 22.7 Å². The molecular formula is C32H41N3O5S. The van der Waals surface area contributed by atoms with Crippen molar-refractivity contribution in [1.29, 1.82) is 0 Å². The minimum atomic E-state index is -4.11. The van der Waals surface area contributed by atoms with Gasteiger partial charge in [0.15, 0.2) is 0 Å². The van der Waals surface area contributed by atoms with E-state index in [-0.39, 0.29) is 17.3 Å². The summed E-state index contributed by atoms with van der Waals surface area (Å²) in [6.45, 7) is 7.79. The summed E-state index contributed by atoms with van der Waals surface area (Å²) < 4.78 is 34.6. The van der Waals surface area contributed by atoms with E-state index < -0.39 is 28.5 Å². The van der Waals surface area contributed by atoms with Crippen molar-refractivity contribution in [1.82, 2.24) is 10.2 Å². The molecule has 0 aromatic heterocycles. The molecule has 0 unspecified atom stereocenters. The third kappa shape index (κ3) is 7.88. The lowest BCUT2D eigenvalue weighted by molar-refractivity contribution is -0.140. The van der Waals surface area contributed by atoms with Crippen LogP contribution in [-0.2, 0) is 32.6 Å². The highest BCUT2D eigenvalue weighted by molar-refractivity contribution is 7.92. The number of carbonyl (C=O) groups excluding carboxylic acids is 2. The maximum atomic E-state index is 14.2. The Bertz CT molecular complexity index is 1410. The normalized spacial score (nSPS) is 11.9. The van der Waals surface area contributed by atoms with Crippen molar-refractivity contribution in [2.45, 2.75) is 64.4 Å². The number of benzene rings is 3. The number of sulfonamides is 1. The second-order valence-corrected chi connectivity index (χ2v) is 11.8. The first-order chi connectivity index (χ1) is 19.7. The first-order valence-electron chi connectivity index (χ1n) is 14.0. The molecule has 0 bridgehead atoms. The third-order valence-electron chi connectivity index (χ3n) is 6.98. The van der Waals surface area contributed by atoms with Crippen LogP contribution in [0.5, 0.6) is 5.75 Å². The highest BCUT2D eigenvalue weighted by atomic mass is 32.2. The summed E-state index contributed by atoms with van der Waals surface area (Å²) in [6.07, 6.45) is 1.70. The van der Waals surface area contributed by atoms with Crippen LogP contribution in [-0.4, -0.2) is 51.4 Å². The van der Waals surface area contributed by atoms with Gasteiger partial charge in [0, 0.05) is 13.1 Å². The molecular weight excluding hydrogens is 538 g/mol. The van der Waals surface area contributed by atoms with Crippen molar-refractivity contribution >= 4 is 27.5 Å². The van der Waals surface area contributed by atoms with E-state index in [4.69, 9.17) is 4.74 Å². The SMILES string of the molecule is CCCNC(=O)[C@@H](CC)N(Cc1ccc(OC)cc1)C(=O)CN(c1ccccc1CC)S(=O)(=O)c1ccc(C)cc1. The number of hydrogen-bond donors (Lipinski definition) is 1. The maximum absolute atomic E-state index is 14.2. The number of nitrogens with one attached hydrogen (secondary N) is 1. The van der Waals surface area contributed by atoms with Crippen LogP contribution in [0.3, 0.4) is 0 Å². The molecule has 41 heavy (non-hydrogen) atoms. The van der Waals surface area contributed by atoms with Gasteiger partial charge in [0.2, 0.25) is 11.8 Å². The van der Waals surface area contributed by atoms with Crippen LogP contribution in [0.2, 0.25) is 0 Å². The van der Waals surface area contributed by atoms with Crippen LogP contribution in [0, 0.1) is 6.92 Å². The van der Waals surface area contributed by atoms with E-state index in [0.29, 0.717) is 30.8 Å². The van der Waals surface area contributed by atoms with Gasteiger partial charge in [-0.2, -0.15) is 0 Å². The number of anilines is 1. The van der Waals surface area contributed by atoms with Gasteiger partial charge in [-0.3, -0.25) is 13.9 Å². The molecule has 0 saturated carbocycles. The van der Waals surface area contributed by atoms with E-state index in [0.717, 1.165) is 23.1 Å². The first-order valence-corrected chi connectivity index (χ1v) is 15.5. The Labute approximate surface area is 244 Å². The number of ether oxygens (including phenoxy) is 1. The number of para-hydroxylation sites is 1. The smallest absolute Gasteiger partial charge is 0.264 e. The summed E-state index contributed by atoms with van der Waals surface area (Å²) >= 11 is 0. The Kier molecular flexibility index (Phi) is 11.3. The number of hydrogen-bond acceptors (Lipinski definition) is 5. The molecule has 220 valence electrons. The molecule has 3 aromatic carbocycles. The summed E-state index contributed by atoms with van der Waals surface area (Å²) in [5.74, 6) is -0.0649. The zero-order valence-corrected chi connectivity index (χ0v) is 25.4. The summed E-state index contributed by atoms with van der Waals surface area (Å²) in [4.78, 5) is 29.0. The topological polar surface area (TPSA) is 96.0 Å². The van der Waals surface area contributed by atoms with Crippen LogP contribution in [0.1, 0.15) is 50.3 Å². The first kappa shape index (κ1) is 31.7. The fourth-order valence-electron chi connectivity index (χ4n) is 4.62. The van der Waals surface area contributed by atoms with E-state index in [2.05, 4.69) is 5.32 Å². The Morgan fingerprint density at radius 2 is 1.59 bits per heavy atom. The molecule has 1 N–H and O–H groups in total. The van der Waals surface area contributed by atoms with Gasteiger partial charge in [0.05, 0.1) is 17.7 Å². The Balaban J connectivity index is 2.08. The highest BCUT2D eigenvalue weighted by Crippen LogP contribution is 2.28. The van der Waals surface area contributed by atoms with E-state index in [1.165, 1.54) is 9.21 Å². The van der Waals surface area contributed by atoms with Gasteiger partial charge < -0.3 is 15.0 Å². The molecule has 3 rings (SSSR count). The third-order valence-corrected chi connectivity index (χ3v) is 8.75. The molecule has 0 aliphatic heterocycles. The summed E-state index contributed by atoms with van der Waals surface area (Å²) in [5.41, 5.74) is 2.96.